The van der Waals surface area contributed by atoms with Gasteiger partial charge in [0.15, 0.2) is 0 Å². The summed E-state index contributed by atoms with van der Waals surface area (Å²) < 4.78 is 2.02. The van der Waals surface area contributed by atoms with Crippen LogP contribution in [0.1, 0.15) is 24.1 Å². The van der Waals surface area contributed by atoms with Gasteiger partial charge < -0.3 is 0 Å². The highest BCUT2D eigenvalue weighted by Gasteiger charge is 2.21. The molecule has 0 N–H and O–H groups in total. The van der Waals surface area contributed by atoms with E-state index >= 15 is 0 Å². The second kappa shape index (κ2) is 4.38. The normalized spacial score (nSPS) is 14.3. The summed E-state index contributed by atoms with van der Waals surface area (Å²) in [5, 5.41) is 6.81. The summed E-state index contributed by atoms with van der Waals surface area (Å²) in [5.74, 6) is 2.70. The maximum Gasteiger partial charge on any atom is 0.106 e. The third-order valence-corrected chi connectivity index (χ3v) is 4.13. The van der Waals surface area contributed by atoms with Gasteiger partial charge in [0.05, 0.1) is 4.88 Å². The zero-order chi connectivity index (χ0) is 11.7. The Kier molecular flexibility index (Phi) is 2.74. The molecule has 1 aliphatic carbocycles. The fraction of sp³-hybridized carbons (Fsp3) is 0.357. The van der Waals surface area contributed by atoms with E-state index in [0.717, 1.165) is 18.5 Å². The molecular formula is C14H14N2S. The Morgan fingerprint density at radius 3 is 3.06 bits per heavy atom. The molecule has 86 valence electrons. The van der Waals surface area contributed by atoms with Crippen molar-refractivity contribution in [1.29, 1.82) is 0 Å². The van der Waals surface area contributed by atoms with Crippen LogP contribution in [0.25, 0.3) is 10.6 Å². The van der Waals surface area contributed by atoms with Crippen LogP contribution >= 0.6 is 11.3 Å². The van der Waals surface area contributed by atoms with Crippen LogP contribution in [0.2, 0.25) is 0 Å². The molecule has 0 bridgehead atoms. The van der Waals surface area contributed by atoms with Crippen LogP contribution in [0.4, 0.5) is 0 Å². The molecule has 0 unspecified atom stereocenters. The minimum absolute atomic E-state index is 0.591. The van der Waals surface area contributed by atoms with Gasteiger partial charge >= 0.3 is 0 Å². The highest BCUT2D eigenvalue weighted by atomic mass is 32.1. The smallest absolute Gasteiger partial charge is 0.106 e. The molecule has 0 aliphatic heterocycles. The summed E-state index contributed by atoms with van der Waals surface area (Å²) in [5.41, 5.74) is 3.94. The molecule has 0 spiro atoms. The maximum atomic E-state index is 5.41. The number of thiophene rings is 1. The lowest BCUT2D eigenvalue weighted by atomic mass is 9.95. The van der Waals surface area contributed by atoms with Crippen molar-refractivity contribution < 1.29 is 0 Å². The first-order valence-electron chi connectivity index (χ1n) is 5.96. The van der Waals surface area contributed by atoms with Crippen LogP contribution in [0, 0.1) is 12.3 Å². The average Bonchev–Trinajstić information content (AvgIpc) is 2.97. The van der Waals surface area contributed by atoms with Crippen LogP contribution < -0.4 is 0 Å². The third kappa shape index (κ3) is 1.79. The zero-order valence-corrected chi connectivity index (χ0v) is 10.5. The Morgan fingerprint density at radius 2 is 2.29 bits per heavy atom. The molecule has 3 heteroatoms. The second-order valence-corrected chi connectivity index (χ2v) is 5.27. The lowest BCUT2D eigenvalue weighted by Gasteiger charge is -2.12. The Balaban J connectivity index is 2.13. The topological polar surface area (TPSA) is 17.8 Å². The number of hydrogen-bond donors (Lipinski definition) is 0. The number of terminal acetylenes is 1. The molecule has 2 aromatic heterocycles. The van der Waals surface area contributed by atoms with Crippen LogP contribution in [-0.4, -0.2) is 9.78 Å². The van der Waals surface area contributed by atoms with Crippen molar-refractivity contribution in [3.05, 3.63) is 28.8 Å². The first kappa shape index (κ1) is 10.6. The van der Waals surface area contributed by atoms with Gasteiger partial charge in [-0.1, -0.05) is 12.0 Å². The molecule has 0 fully saturated rings. The van der Waals surface area contributed by atoms with Gasteiger partial charge in [0.2, 0.25) is 0 Å². The van der Waals surface area contributed by atoms with E-state index in [1.54, 1.807) is 11.3 Å². The monoisotopic (exact) mass is 242 g/mol. The Hall–Kier alpha value is -1.53. The van der Waals surface area contributed by atoms with Crippen LogP contribution in [0.3, 0.4) is 0 Å². The van der Waals surface area contributed by atoms with Crippen molar-refractivity contribution in [3.8, 4) is 22.9 Å². The SMILES string of the molecule is C#CCn1nc(-c2cccs2)c2c1CCCC2. The minimum Gasteiger partial charge on any atom is -0.257 e. The van der Waals surface area contributed by atoms with Crippen molar-refractivity contribution in [2.75, 3.05) is 0 Å². The van der Waals surface area contributed by atoms with Gasteiger partial charge in [-0.2, -0.15) is 5.10 Å². The highest BCUT2D eigenvalue weighted by Crippen LogP contribution is 2.33. The van der Waals surface area contributed by atoms with Gasteiger partial charge in [-0.15, -0.1) is 17.8 Å². The standard InChI is InChI=1S/C14H14N2S/c1-2-9-16-12-7-4-3-6-11(12)14(15-16)13-8-5-10-17-13/h1,5,8,10H,3-4,6-7,9H2. The number of aromatic nitrogens is 2. The van der Waals surface area contributed by atoms with Gasteiger partial charge in [-0.05, 0) is 37.1 Å². The fourth-order valence-corrected chi connectivity index (χ4v) is 3.24. The summed E-state index contributed by atoms with van der Waals surface area (Å²) >= 11 is 1.75. The molecule has 0 radical (unpaired) electrons. The predicted octanol–water partition coefficient (Wildman–Crippen LogP) is 3.12. The maximum absolute atomic E-state index is 5.41. The summed E-state index contributed by atoms with van der Waals surface area (Å²) in [6.07, 6.45) is 10.2. The summed E-state index contributed by atoms with van der Waals surface area (Å²) in [6, 6.07) is 4.22. The molecule has 0 atom stereocenters. The zero-order valence-electron chi connectivity index (χ0n) is 9.65. The van der Waals surface area contributed by atoms with Crippen LogP contribution in [0.5, 0.6) is 0 Å². The predicted molar refractivity (Wildman–Crippen MR) is 71.0 cm³/mol. The summed E-state index contributed by atoms with van der Waals surface area (Å²) in [4.78, 5) is 1.26. The van der Waals surface area contributed by atoms with E-state index in [1.807, 2.05) is 4.68 Å². The van der Waals surface area contributed by atoms with E-state index in [2.05, 4.69) is 23.4 Å². The lowest BCUT2D eigenvalue weighted by molar-refractivity contribution is 0.607. The fourth-order valence-electron chi connectivity index (χ4n) is 2.50. The van der Waals surface area contributed by atoms with E-state index < -0.39 is 0 Å². The Morgan fingerprint density at radius 1 is 1.41 bits per heavy atom. The number of nitrogens with zero attached hydrogens (tertiary/aromatic N) is 2. The number of fused-ring (bicyclic) bond motifs is 1. The van der Waals surface area contributed by atoms with Crippen LogP contribution in [0.15, 0.2) is 17.5 Å². The van der Waals surface area contributed by atoms with Gasteiger partial charge in [-0.3, -0.25) is 4.68 Å². The van der Waals surface area contributed by atoms with Gasteiger partial charge in [0.1, 0.15) is 12.2 Å². The highest BCUT2D eigenvalue weighted by molar-refractivity contribution is 7.13. The van der Waals surface area contributed by atoms with Crippen molar-refractivity contribution >= 4 is 11.3 Å². The number of hydrogen-bond acceptors (Lipinski definition) is 2. The molecule has 2 aromatic rings. The van der Waals surface area contributed by atoms with E-state index in [0.29, 0.717) is 6.54 Å². The van der Waals surface area contributed by atoms with Crippen molar-refractivity contribution in [1.82, 2.24) is 9.78 Å². The molecule has 1 aliphatic rings. The van der Waals surface area contributed by atoms with E-state index in [-0.39, 0.29) is 0 Å². The molecule has 2 nitrogen and oxygen atoms in total. The van der Waals surface area contributed by atoms with Gasteiger partial charge in [0, 0.05) is 11.3 Å². The van der Waals surface area contributed by atoms with E-state index in [4.69, 9.17) is 11.5 Å². The van der Waals surface area contributed by atoms with Crippen molar-refractivity contribution in [2.45, 2.75) is 32.2 Å². The Labute approximate surface area is 105 Å². The van der Waals surface area contributed by atoms with Gasteiger partial charge in [0.25, 0.3) is 0 Å². The van der Waals surface area contributed by atoms with Crippen molar-refractivity contribution in [2.24, 2.45) is 0 Å². The molecule has 2 heterocycles. The third-order valence-electron chi connectivity index (χ3n) is 3.25. The van der Waals surface area contributed by atoms with Crippen molar-refractivity contribution in [3.63, 3.8) is 0 Å². The second-order valence-electron chi connectivity index (χ2n) is 4.32. The minimum atomic E-state index is 0.591. The summed E-state index contributed by atoms with van der Waals surface area (Å²) in [7, 11) is 0. The molecule has 0 saturated carbocycles. The summed E-state index contributed by atoms with van der Waals surface area (Å²) in [6.45, 7) is 0.591. The molecule has 3 rings (SSSR count). The average molecular weight is 242 g/mol. The lowest BCUT2D eigenvalue weighted by Crippen LogP contribution is -2.08. The number of rotatable bonds is 2. The molecule has 0 aromatic carbocycles. The quantitative estimate of drug-likeness (QED) is 0.740. The van der Waals surface area contributed by atoms with E-state index in [1.165, 1.54) is 29.0 Å². The van der Waals surface area contributed by atoms with E-state index in [9.17, 15) is 0 Å². The molecular weight excluding hydrogens is 228 g/mol. The molecule has 0 amide bonds. The molecule has 17 heavy (non-hydrogen) atoms. The molecule has 0 saturated heterocycles. The Bertz CT molecular complexity index is 558. The first-order valence-corrected chi connectivity index (χ1v) is 6.84. The van der Waals surface area contributed by atoms with Gasteiger partial charge in [-0.25, -0.2) is 0 Å². The van der Waals surface area contributed by atoms with Crippen LogP contribution in [-0.2, 0) is 19.4 Å². The largest absolute Gasteiger partial charge is 0.257 e. The first-order chi connectivity index (χ1) is 8.40.